The Balaban J connectivity index is 1.83. The molecule has 110 valence electrons. The molecule has 1 heterocycles. The van der Waals surface area contributed by atoms with Crippen LogP contribution in [0.1, 0.15) is 36.7 Å². The fourth-order valence-corrected chi connectivity index (χ4v) is 3.00. The van der Waals surface area contributed by atoms with E-state index in [1.165, 1.54) is 0 Å². The van der Waals surface area contributed by atoms with Crippen molar-refractivity contribution in [3.63, 3.8) is 0 Å². The van der Waals surface area contributed by atoms with E-state index in [1.807, 2.05) is 48.9 Å². The van der Waals surface area contributed by atoms with Crippen molar-refractivity contribution < 1.29 is 4.79 Å². The van der Waals surface area contributed by atoms with Crippen molar-refractivity contribution >= 4 is 11.5 Å². The first kappa shape index (κ1) is 13.9. The standard InChI is InChI=1S/C17H21N3O/c1-3-20-15(10-12(2)19-20)11-16(21)17(8-9-17)13-4-6-14(18)7-5-13/h4-7,10H,3,8-9,11,18H2,1-2H3. The number of rotatable bonds is 5. The summed E-state index contributed by atoms with van der Waals surface area (Å²) >= 11 is 0. The van der Waals surface area contributed by atoms with Gasteiger partial charge in [-0.1, -0.05) is 12.1 Å². The highest BCUT2D eigenvalue weighted by Gasteiger charge is 2.50. The second kappa shape index (κ2) is 5.02. The van der Waals surface area contributed by atoms with E-state index in [4.69, 9.17) is 5.73 Å². The molecule has 3 rings (SSSR count). The summed E-state index contributed by atoms with van der Waals surface area (Å²) in [5.74, 6) is 0.293. The number of Topliss-reactive ketones (excluding diaryl/α,β-unsaturated/α-hetero) is 1. The number of hydrogen-bond acceptors (Lipinski definition) is 3. The molecule has 0 unspecified atom stereocenters. The molecule has 0 aliphatic heterocycles. The topological polar surface area (TPSA) is 60.9 Å². The highest BCUT2D eigenvalue weighted by atomic mass is 16.1. The summed E-state index contributed by atoms with van der Waals surface area (Å²) in [5, 5.41) is 4.42. The summed E-state index contributed by atoms with van der Waals surface area (Å²) in [5.41, 5.74) is 9.27. The van der Waals surface area contributed by atoms with Gasteiger partial charge in [0.15, 0.2) is 0 Å². The van der Waals surface area contributed by atoms with Crippen LogP contribution in [0, 0.1) is 6.92 Å². The van der Waals surface area contributed by atoms with Crippen LogP contribution in [0.15, 0.2) is 30.3 Å². The van der Waals surface area contributed by atoms with Gasteiger partial charge < -0.3 is 5.73 Å². The minimum atomic E-state index is -0.287. The van der Waals surface area contributed by atoms with E-state index in [1.54, 1.807) is 0 Å². The fraction of sp³-hybridized carbons (Fsp3) is 0.412. The minimum Gasteiger partial charge on any atom is -0.399 e. The fourth-order valence-electron chi connectivity index (χ4n) is 3.00. The molecule has 0 amide bonds. The lowest BCUT2D eigenvalue weighted by molar-refractivity contribution is -0.120. The first-order chi connectivity index (χ1) is 10.0. The molecule has 1 saturated carbocycles. The number of ketones is 1. The van der Waals surface area contributed by atoms with Crippen LogP contribution in [0.5, 0.6) is 0 Å². The molecule has 1 aromatic carbocycles. The van der Waals surface area contributed by atoms with Crippen molar-refractivity contribution in [2.75, 3.05) is 5.73 Å². The molecular weight excluding hydrogens is 262 g/mol. The van der Waals surface area contributed by atoms with Gasteiger partial charge in [-0.15, -0.1) is 0 Å². The Morgan fingerprint density at radius 3 is 2.57 bits per heavy atom. The van der Waals surface area contributed by atoms with E-state index >= 15 is 0 Å². The molecule has 2 N–H and O–H groups in total. The van der Waals surface area contributed by atoms with E-state index < -0.39 is 0 Å². The van der Waals surface area contributed by atoms with Crippen LogP contribution in [-0.4, -0.2) is 15.6 Å². The quantitative estimate of drug-likeness (QED) is 0.858. The van der Waals surface area contributed by atoms with E-state index in [9.17, 15) is 4.79 Å². The van der Waals surface area contributed by atoms with Crippen LogP contribution in [0.25, 0.3) is 0 Å². The summed E-state index contributed by atoms with van der Waals surface area (Å²) < 4.78 is 1.92. The lowest BCUT2D eigenvalue weighted by Crippen LogP contribution is -2.23. The molecule has 4 nitrogen and oxygen atoms in total. The van der Waals surface area contributed by atoms with Crippen molar-refractivity contribution in [3.8, 4) is 0 Å². The average Bonchev–Trinajstić information content (AvgIpc) is 3.19. The first-order valence-electron chi connectivity index (χ1n) is 7.48. The average molecular weight is 283 g/mol. The van der Waals surface area contributed by atoms with Gasteiger partial charge in [-0.2, -0.15) is 5.10 Å². The number of nitrogen functional groups attached to an aromatic ring is 1. The van der Waals surface area contributed by atoms with Crippen molar-refractivity contribution in [1.82, 2.24) is 9.78 Å². The molecule has 1 fully saturated rings. The Morgan fingerprint density at radius 2 is 2.00 bits per heavy atom. The monoisotopic (exact) mass is 283 g/mol. The van der Waals surface area contributed by atoms with E-state index in [2.05, 4.69) is 5.10 Å². The van der Waals surface area contributed by atoms with Crippen molar-refractivity contribution in [1.29, 1.82) is 0 Å². The Hall–Kier alpha value is -2.10. The minimum absolute atomic E-state index is 0.287. The number of anilines is 1. The Bertz CT molecular complexity index is 666. The zero-order valence-electron chi connectivity index (χ0n) is 12.6. The van der Waals surface area contributed by atoms with E-state index in [-0.39, 0.29) is 5.41 Å². The first-order valence-corrected chi connectivity index (χ1v) is 7.48. The molecular formula is C17H21N3O. The molecule has 1 aliphatic carbocycles. The second-order valence-electron chi connectivity index (χ2n) is 5.90. The zero-order valence-corrected chi connectivity index (χ0v) is 12.6. The van der Waals surface area contributed by atoms with Crippen LogP contribution >= 0.6 is 0 Å². The normalized spacial score (nSPS) is 15.9. The molecule has 1 aliphatic rings. The molecule has 0 spiro atoms. The SMILES string of the molecule is CCn1nc(C)cc1CC(=O)C1(c2ccc(N)cc2)CC1. The summed E-state index contributed by atoms with van der Waals surface area (Å²) in [4.78, 5) is 12.8. The number of nitrogens with zero attached hydrogens (tertiary/aromatic N) is 2. The van der Waals surface area contributed by atoms with Crippen molar-refractivity contribution in [2.45, 2.75) is 45.1 Å². The lowest BCUT2D eigenvalue weighted by atomic mass is 9.89. The van der Waals surface area contributed by atoms with Crippen LogP contribution in [0.3, 0.4) is 0 Å². The summed E-state index contributed by atoms with van der Waals surface area (Å²) in [6.07, 6.45) is 2.34. The number of aryl methyl sites for hydroxylation is 2. The third-order valence-corrected chi connectivity index (χ3v) is 4.37. The number of hydrogen-bond donors (Lipinski definition) is 1. The Morgan fingerprint density at radius 1 is 1.33 bits per heavy atom. The van der Waals surface area contributed by atoms with E-state index in [0.29, 0.717) is 12.2 Å². The van der Waals surface area contributed by atoms with Crippen LogP contribution in [-0.2, 0) is 23.2 Å². The maximum absolute atomic E-state index is 12.8. The molecule has 21 heavy (non-hydrogen) atoms. The van der Waals surface area contributed by atoms with Gasteiger partial charge in [0.2, 0.25) is 0 Å². The highest BCUT2D eigenvalue weighted by molar-refractivity contribution is 5.94. The largest absolute Gasteiger partial charge is 0.399 e. The summed E-state index contributed by atoms with van der Waals surface area (Å²) in [6, 6.07) is 9.75. The lowest BCUT2D eigenvalue weighted by Gasteiger charge is -2.15. The number of carbonyl (C=O) groups excluding carboxylic acids is 1. The van der Waals surface area contributed by atoms with Gasteiger partial charge in [-0.05, 0) is 50.5 Å². The smallest absolute Gasteiger partial charge is 0.149 e. The zero-order chi connectivity index (χ0) is 15.0. The number of benzene rings is 1. The number of nitrogens with two attached hydrogens (primary N) is 1. The van der Waals surface area contributed by atoms with Crippen LogP contribution in [0.4, 0.5) is 5.69 Å². The predicted molar refractivity (Wildman–Crippen MR) is 83.1 cm³/mol. The molecule has 0 atom stereocenters. The summed E-state index contributed by atoms with van der Waals surface area (Å²) in [6.45, 7) is 4.81. The number of aromatic nitrogens is 2. The van der Waals surface area contributed by atoms with E-state index in [0.717, 1.165) is 42.0 Å². The maximum atomic E-state index is 12.8. The van der Waals surface area contributed by atoms with Gasteiger partial charge >= 0.3 is 0 Å². The van der Waals surface area contributed by atoms with Gasteiger partial charge in [0, 0.05) is 24.3 Å². The Labute approximate surface area is 125 Å². The molecule has 0 saturated heterocycles. The van der Waals surface area contributed by atoms with Gasteiger partial charge in [-0.25, -0.2) is 0 Å². The molecule has 0 radical (unpaired) electrons. The van der Waals surface area contributed by atoms with Crippen LogP contribution < -0.4 is 5.73 Å². The van der Waals surface area contributed by atoms with Crippen LogP contribution in [0.2, 0.25) is 0 Å². The van der Waals surface area contributed by atoms with Gasteiger partial charge in [0.1, 0.15) is 5.78 Å². The van der Waals surface area contributed by atoms with Gasteiger partial charge in [0.05, 0.1) is 11.1 Å². The Kier molecular flexibility index (Phi) is 3.32. The molecule has 1 aromatic heterocycles. The summed E-state index contributed by atoms with van der Waals surface area (Å²) in [7, 11) is 0. The third kappa shape index (κ3) is 2.46. The molecule has 4 heteroatoms. The molecule has 0 bridgehead atoms. The van der Waals surface area contributed by atoms with Gasteiger partial charge in [-0.3, -0.25) is 9.48 Å². The highest BCUT2D eigenvalue weighted by Crippen LogP contribution is 2.49. The van der Waals surface area contributed by atoms with Crippen molar-refractivity contribution in [2.24, 2.45) is 0 Å². The van der Waals surface area contributed by atoms with Gasteiger partial charge in [0.25, 0.3) is 0 Å². The maximum Gasteiger partial charge on any atom is 0.149 e. The third-order valence-electron chi connectivity index (χ3n) is 4.37. The number of carbonyl (C=O) groups is 1. The molecule has 2 aromatic rings. The second-order valence-corrected chi connectivity index (χ2v) is 5.90. The van der Waals surface area contributed by atoms with Crippen molar-refractivity contribution in [3.05, 3.63) is 47.3 Å². The predicted octanol–water partition coefficient (Wildman–Crippen LogP) is 2.64.